The molecule has 1 aliphatic rings. The van der Waals surface area contributed by atoms with Gasteiger partial charge in [0.15, 0.2) is 5.96 Å². The molecule has 1 saturated heterocycles. The zero-order valence-electron chi connectivity index (χ0n) is 18.8. The number of hydrogen-bond donors (Lipinski definition) is 2. The second kappa shape index (κ2) is 12.5. The molecule has 2 N–H and O–H groups in total. The van der Waals surface area contributed by atoms with E-state index in [1.165, 1.54) is 12.1 Å². The monoisotopic (exact) mass is 563 g/mol. The number of aromatic nitrogens is 3. The van der Waals surface area contributed by atoms with Gasteiger partial charge in [0.05, 0.1) is 11.4 Å². The maximum Gasteiger partial charge on any atom is 0.191 e. The third kappa shape index (κ3) is 7.15. The first-order valence-electron chi connectivity index (χ1n) is 11.2. The fraction of sp³-hybridized carbons (Fsp3) is 0.375. The molecule has 0 saturated carbocycles. The number of piperidine rings is 1. The molecule has 4 rings (SSSR count). The number of guanidine groups is 1. The molecular weight excluding hydrogens is 532 g/mol. The lowest BCUT2D eigenvalue weighted by Crippen LogP contribution is -2.49. The summed E-state index contributed by atoms with van der Waals surface area (Å²) in [5.74, 6) is 1.65. The van der Waals surface area contributed by atoms with Crippen LogP contribution in [0.1, 0.15) is 25.5 Å². The van der Waals surface area contributed by atoms with Crippen molar-refractivity contribution in [2.75, 3.05) is 31.1 Å². The van der Waals surface area contributed by atoms with Crippen LogP contribution in [-0.2, 0) is 6.42 Å². The number of nitrogens with zero attached hydrogens (tertiary/aromatic N) is 5. The summed E-state index contributed by atoms with van der Waals surface area (Å²) in [6.45, 7) is 5.50. The van der Waals surface area contributed by atoms with Crippen LogP contribution in [0, 0.1) is 5.82 Å². The molecule has 1 aromatic carbocycles. The molecule has 3 heterocycles. The average molecular weight is 563 g/mol. The highest BCUT2D eigenvalue weighted by Crippen LogP contribution is 2.17. The molecule has 9 heteroatoms. The molecule has 0 unspecified atom stereocenters. The van der Waals surface area contributed by atoms with Gasteiger partial charge in [0, 0.05) is 51.0 Å². The summed E-state index contributed by atoms with van der Waals surface area (Å²) < 4.78 is 14.9. The largest absolute Gasteiger partial charge is 0.357 e. The lowest BCUT2D eigenvalue weighted by Gasteiger charge is -2.33. The molecular formula is C24H31FIN7. The molecule has 0 amide bonds. The van der Waals surface area contributed by atoms with Gasteiger partial charge in [0.1, 0.15) is 11.6 Å². The second-order valence-electron chi connectivity index (χ2n) is 7.83. The van der Waals surface area contributed by atoms with Gasteiger partial charge >= 0.3 is 0 Å². The van der Waals surface area contributed by atoms with E-state index >= 15 is 0 Å². The smallest absolute Gasteiger partial charge is 0.191 e. The van der Waals surface area contributed by atoms with E-state index in [9.17, 15) is 4.39 Å². The third-order valence-electron chi connectivity index (χ3n) is 5.53. The first kappa shape index (κ1) is 24.9. The Morgan fingerprint density at radius 3 is 2.61 bits per heavy atom. The number of anilines is 1. The predicted molar refractivity (Wildman–Crippen MR) is 141 cm³/mol. The minimum Gasteiger partial charge on any atom is -0.357 e. The first-order valence-corrected chi connectivity index (χ1v) is 11.2. The maximum atomic E-state index is 13.1. The van der Waals surface area contributed by atoms with Crippen LogP contribution in [0.2, 0.25) is 0 Å². The Balaban J connectivity index is 0.00000306. The Bertz CT molecular complexity index is 999. The highest BCUT2D eigenvalue weighted by Gasteiger charge is 2.20. The molecule has 0 aliphatic carbocycles. The molecule has 7 nitrogen and oxygen atoms in total. The van der Waals surface area contributed by atoms with Crippen LogP contribution in [0.5, 0.6) is 0 Å². The fourth-order valence-electron chi connectivity index (χ4n) is 3.82. The van der Waals surface area contributed by atoms with Crippen LogP contribution in [0.4, 0.5) is 10.2 Å². The van der Waals surface area contributed by atoms with Gasteiger partial charge in [-0.05, 0) is 62.2 Å². The van der Waals surface area contributed by atoms with Crippen molar-refractivity contribution in [3.05, 3.63) is 72.4 Å². The summed E-state index contributed by atoms with van der Waals surface area (Å²) in [5.41, 5.74) is 1.80. The van der Waals surface area contributed by atoms with E-state index in [0.717, 1.165) is 62.1 Å². The van der Waals surface area contributed by atoms with Crippen LogP contribution >= 0.6 is 24.0 Å². The predicted octanol–water partition coefficient (Wildman–Crippen LogP) is 3.79. The van der Waals surface area contributed by atoms with E-state index in [1.54, 1.807) is 16.8 Å². The van der Waals surface area contributed by atoms with Gasteiger partial charge in [-0.3, -0.25) is 4.99 Å². The van der Waals surface area contributed by atoms with Gasteiger partial charge in [-0.2, -0.15) is 5.10 Å². The van der Waals surface area contributed by atoms with E-state index in [2.05, 4.69) is 38.6 Å². The van der Waals surface area contributed by atoms with Gasteiger partial charge in [0.25, 0.3) is 0 Å². The van der Waals surface area contributed by atoms with Crippen molar-refractivity contribution in [1.82, 2.24) is 25.4 Å². The van der Waals surface area contributed by atoms with Crippen LogP contribution in [0.25, 0.3) is 5.69 Å². The number of rotatable bonds is 7. The highest BCUT2D eigenvalue weighted by atomic mass is 127. The molecule has 176 valence electrons. The van der Waals surface area contributed by atoms with Crippen LogP contribution < -0.4 is 15.5 Å². The lowest BCUT2D eigenvalue weighted by atomic mass is 10.1. The summed E-state index contributed by atoms with van der Waals surface area (Å²) in [6.07, 6.45) is 6.57. The van der Waals surface area contributed by atoms with Crippen molar-refractivity contribution in [2.45, 2.75) is 32.2 Å². The molecule has 1 fully saturated rings. The normalized spacial score (nSPS) is 14.6. The van der Waals surface area contributed by atoms with Crippen molar-refractivity contribution in [3.63, 3.8) is 0 Å². The van der Waals surface area contributed by atoms with Crippen molar-refractivity contribution in [3.8, 4) is 5.69 Å². The van der Waals surface area contributed by atoms with Crippen molar-refractivity contribution in [1.29, 1.82) is 0 Å². The molecule has 0 radical (unpaired) electrons. The number of halogens is 2. The van der Waals surface area contributed by atoms with Crippen molar-refractivity contribution < 1.29 is 4.39 Å². The molecule has 3 aromatic rings. The van der Waals surface area contributed by atoms with Gasteiger partial charge in [-0.15, -0.1) is 24.0 Å². The molecule has 33 heavy (non-hydrogen) atoms. The highest BCUT2D eigenvalue weighted by molar-refractivity contribution is 14.0. The first-order chi connectivity index (χ1) is 15.7. The Kier molecular flexibility index (Phi) is 9.47. The summed E-state index contributed by atoms with van der Waals surface area (Å²) in [4.78, 5) is 11.5. The molecule has 0 bridgehead atoms. The minimum atomic E-state index is -0.249. The Morgan fingerprint density at radius 1 is 1.12 bits per heavy atom. The SMILES string of the molecule is CCNC(=NCCc1ccn(-c2ccc(F)cc2)n1)NC1CCN(c2ccccn2)CC1.I. The molecule has 0 atom stereocenters. The van der Waals surface area contributed by atoms with Crippen molar-refractivity contribution >= 4 is 35.8 Å². The summed E-state index contributed by atoms with van der Waals surface area (Å²) in [7, 11) is 0. The Labute approximate surface area is 211 Å². The van der Waals surface area contributed by atoms with Gasteiger partial charge in [-0.1, -0.05) is 6.07 Å². The number of benzene rings is 1. The fourth-order valence-corrected chi connectivity index (χ4v) is 3.82. The van der Waals surface area contributed by atoms with Crippen LogP contribution in [0.3, 0.4) is 0 Å². The van der Waals surface area contributed by atoms with Gasteiger partial charge < -0.3 is 15.5 Å². The zero-order valence-corrected chi connectivity index (χ0v) is 21.2. The molecule has 1 aliphatic heterocycles. The van der Waals surface area contributed by atoms with Crippen molar-refractivity contribution in [2.24, 2.45) is 4.99 Å². The van der Waals surface area contributed by atoms with E-state index in [0.29, 0.717) is 12.6 Å². The van der Waals surface area contributed by atoms with Gasteiger partial charge in [0.2, 0.25) is 0 Å². The standard InChI is InChI=1S/C24H30FN7.HI/c1-2-26-24(29-20-11-16-31(17-12-20)23-5-3-4-14-27-23)28-15-10-21-13-18-32(30-21)22-8-6-19(25)7-9-22;/h3-9,13-14,18,20H,2,10-12,15-17H2,1H3,(H2,26,28,29);1H. The molecule has 0 spiro atoms. The van der Waals surface area contributed by atoms with Gasteiger partial charge in [-0.25, -0.2) is 14.1 Å². The maximum absolute atomic E-state index is 13.1. The topological polar surface area (TPSA) is 70.4 Å². The number of pyridine rings is 1. The minimum absolute atomic E-state index is 0. The van der Waals surface area contributed by atoms with E-state index in [-0.39, 0.29) is 29.8 Å². The van der Waals surface area contributed by atoms with Crippen LogP contribution in [0.15, 0.2) is 65.9 Å². The summed E-state index contributed by atoms with van der Waals surface area (Å²) >= 11 is 0. The zero-order chi connectivity index (χ0) is 22.2. The molecule has 2 aromatic heterocycles. The van der Waals surface area contributed by atoms with E-state index in [4.69, 9.17) is 4.99 Å². The summed E-state index contributed by atoms with van der Waals surface area (Å²) in [6, 6.07) is 14.7. The summed E-state index contributed by atoms with van der Waals surface area (Å²) in [5, 5.41) is 11.5. The van der Waals surface area contributed by atoms with E-state index < -0.39 is 0 Å². The quantitative estimate of drug-likeness (QED) is 0.260. The second-order valence-corrected chi connectivity index (χ2v) is 7.83. The van der Waals surface area contributed by atoms with E-state index in [1.807, 2.05) is 30.6 Å². The Morgan fingerprint density at radius 2 is 1.91 bits per heavy atom. The third-order valence-corrected chi connectivity index (χ3v) is 5.53. The van der Waals surface area contributed by atoms with Crippen LogP contribution in [-0.4, -0.2) is 52.9 Å². The lowest BCUT2D eigenvalue weighted by molar-refractivity contribution is 0.459. The Hall–Kier alpha value is -2.69. The average Bonchev–Trinajstić information content (AvgIpc) is 3.30. The number of aliphatic imine (C=N–C) groups is 1. The number of hydrogen-bond acceptors (Lipinski definition) is 4. The number of nitrogens with one attached hydrogen (secondary N) is 2.